The molecule has 0 fully saturated rings. The molecule has 96 valence electrons. The van der Waals surface area contributed by atoms with Crippen LogP contribution in [0.2, 0.25) is 0 Å². The lowest BCUT2D eigenvalue weighted by Crippen LogP contribution is -2.41. The van der Waals surface area contributed by atoms with Crippen molar-refractivity contribution in [3.63, 3.8) is 0 Å². The summed E-state index contributed by atoms with van der Waals surface area (Å²) in [6.07, 6.45) is 5.41. The van der Waals surface area contributed by atoms with Crippen LogP contribution in [0.4, 0.5) is 0 Å². The molecule has 18 heavy (non-hydrogen) atoms. The molecule has 0 radical (unpaired) electrons. The van der Waals surface area contributed by atoms with Gasteiger partial charge in [0.25, 0.3) is 0 Å². The lowest BCUT2D eigenvalue weighted by Gasteiger charge is -2.23. The molecule has 0 saturated carbocycles. The maximum atomic E-state index is 11.8. The number of methoxy groups -OCH3 is 1. The van der Waals surface area contributed by atoms with Gasteiger partial charge in [0.1, 0.15) is 0 Å². The van der Waals surface area contributed by atoms with E-state index in [1.807, 2.05) is 44.2 Å². The first-order valence-corrected chi connectivity index (χ1v) is 5.86. The number of esters is 1. The Bertz CT molecular complexity index is 432. The molecule has 0 aliphatic heterocycles. The van der Waals surface area contributed by atoms with Gasteiger partial charge in [0.15, 0.2) is 0 Å². The van der Waals surface area contributed by atoms with Gasteiger partial charge in [-0.15, -0.1) is 6.42 Å². The summed E-state index contributed by atoms with van der Waals surface area (Å²) < 4.78 is 4.84. The summed E-state index contributed by atoms with van der Waals surface area (Å²) in [6, 6.07) is 9.53. The molecule has 1 aromatic carbocycles. The van der Waals surface area contributed by atoms with Crippen molar-refractivity contribution >= 4 is 5.97 Å². The summed E-state index contributed by atoms with van der Waals surface area (Å²) in [5.41, 5.74) is 0.478. The SMILES string of the molecule is C#CC(C)(C)NCC(C(=O)OC)c1ccccc1. The quantitative estimate of drug-likeness (QED) is 0.636. The average Bonchev–Trinajstić information content (AvgIpc) is 2.39. The highest BCUT2D eigenvalue weighted by molar-refractivity contribution is 5.78. The minimum absolute atomic E-state index is 0.262. The molecule has 1 atom stereocenters. The van der Waals surface area contributed by atoms with Crippen molar-refractivity contribution < 1.29 is 9.53 Å². The Hall–Kier alpha value is -1.79. The summed E-state index contributed by atoms with van der Waals surface area (Å²) in [7, 11) is 1.39. The van der Waals surface area contributed by atoms with Gasteiger partial charge in [-0.1, -0.05) is 36.3 Å². The molecular weight excluding hydrogens is 226 g/mol. The Morgan fingerprint density at radius 3 is 2.56 bits per heavy atom. The van der Waals surface area contributed by atoms with Crippen molar-refractivity contribution in [3.05, 3.63) is 35.9 Å². The van der Waals surface area contributed by atoms with Gasteiger partial charge >= 0.3 is 5.97 Å². The van der Waals surface area contributed by atoms with Gasteiger partial charge in [0.05, 0.1) is 18.6 Å². The van der Waals surface area contributed by atoms with Crippen LogP contribution in [0.15, 0.2) is 30.3 Å². The van der Waals surface area contributed by atoms with E-state index in [4.69, 9.17) is 11.2 Å². The van der Waals surface area contributed by atoms with Crippen LogP contribution in [0.3, 0.4) is 0 Å². The van der Waals surface area contributed by atoms with Crippen molar-refractivity contribution in [1.29, 1.82) is 0 Å². The van der Waals surface area contributed by atoms with Gasteiger partial charge in [-0.05, 0) is 19.4 Å². The zero-order chi connectivity index (χ0) is 13.6. The van der Waals surface area contributed by atoms with E-state index >= 15 is 0 Å². The number of nitrogens with one attached hydrogen (secondary N) is 1. The Morgan fingerprint density at radius 1 is 1.44 bits per heavy atom. The van der Waals surface area contributed by atoms with Crippen LogP contribution in [0.1, 0.15) is 25.3 Å². The van der Waals surface area contributed by atoms with E-state index in [1.54, 1.807) is 0 Å². The maximum absolute atomic E-state index is 11.8. The van der Waals surface area contributed by atoms with E-state index in [9.17, 15) is 4.79 Å². The fourth-order valence-corrected chi connectivity index (χ4v) is 1.57. The van der Waals surface area contributed by atoms with Gasteiger partial charge in [-0.25, -0.2) is 0 Å². The van der Waals surface area contributed by atoms with E-state index in [1.165, 1.54) is 7.11 Å². The summed E-state index contributed by atoms with van der Waals surface area (Å²) in [5.74, 6) is 2.04. The van der Waals surface area contributed by atoms with Crippen LogP contribution in [-0.4, -0.2) is 25.2 Å². The normalized spacial score (nSPS) is 12.6. The molecule has 0 saturated heterocycles. The third-order valence-corrected chi connectivity index (χ3v) is 2.80. The highest BCUT2D eigenvalue weighted by atomic mass is 16.5. The second kappa shape index (κ2) is 6.23. The minimum atomic E-state index is -0.443. The van der Waals surface area contributed by atoms with Gasteiger partial charge in [0, 0.05) is 6.54 Å². The number of rotatable bonds is 5. The molecule has 1 unspecified atom stereocenters. The largest absolute Gasteiger partial charge is 0.469 e. The zero-order valence-electron chi connectivity index (χ0n) is 11.1. The number of benzene rings is 1. The smallest absolute Gasteiger partial charge is 0.314 e. The molecule has 1 N–H and O–H groups in total. The van der Waals surface area contributed by atoms with E-state index in [-0.39, 0.29) is 11.9 Å². The topological polar surface area (TPSA) is 38.3 Å². The number of carbonyl (C=O) groups is 1. The molecule has 3 nitrogen and oxygen atoms in total. The third-order valence-electron chi connectivity index (χ3n) is 2.80. The molecule has 3 heteroatoms. The molecule has 0 aliphatic rings. The summed E-state index contributed by atoms with van der Waals surface area (Å²) in [6.45, 7) is 4.24. The fourth-order valence-electron chi connectivity index (χ4n) is 1.57. The van der Waals surface area contributed by atoms with E-state index in [0.717, 1.165) is 5.56 Å². The van der Waals surface area contributed by atoms with Crippen LogP contribution >= 0.6 is 0 Å². The Kier molecular flexibility index (Phi) is 4.94. The standard InChI is InChI=1S/C15H19NO2/c1-5-15(2,3)16-11-13(14(17)18-4)12-9-7-6-8-10-12/h1,6-10,13,16H,11H2,2-4H3. The Balaban J connectivity index is 2.82. The van der Waals surface area contributed by atoms with Gasteiger partial charge in [-0.3, -0.25) is 4.79 Å². The van der Waals surface area contributed by atoms with Gasteiger partial charge < -0.3 is 10.1 Å². The lowest BCUT2D eigenvalue weighted by atomic mass is 9.97. The van der Waals surface area contributed by atoms with E-state index in [0.29, 0.717) is 6.54 Å². The second-order valence-electron chi connectivity index (χ2n) is 4.64. The van der Waals surface area contributed by atoms with Crippen molar-refractivity contribution in [1.82, 2.24) is 5.32 Å². The van der Waals surface area contributed by atoms with Crippen LogP contribution in [0.5, 0.6) is 0 Å². The number of terminal acetylenes is 1. The number of hydrogen-bond acceptors (Lipinski definition) is 3. The lowest BCUT2D eigenvalue weighted by molar-refractivity contribution is -0.142. The van der Waals surface area contributed by atoms with Gasteiger partial charge in [-0.2, -0.15) is 0 Å². The van der Waals surface area contributed by atoms with Crippen molar-refractivity contribution in [3.8, 4) is 12.3 Å². The second-order valence-corrected chi connectivity index (χ2v) is 4.64. The predicted molar refractivity (Wildman–Crippen MR) is 72.1 cm³/mol. The number of hydrogen-bond donors (Lipinski definition) is 1. The van der Waals surface area contributed by atoms with Crippen LogP contribution in [0.25, 0.3) is 0 Å². The highest BCUT2D eigenvalue weighted by Crippen LogP contribution is 2.17. The molecular formula is C15H19NO2. The third kappa shape index (κ3) is 3.90. The molecule has 0 amide bonds. The molecule has 0 aromatic heterocycles. The highest BCUT2D eigenvalue weighted by Gasteiger charge is 2.24. The number of carbonyl (C=O) groups excluding carboxylic acids is 1. The first-order chi connectivity index (χ1) is 8.50. The average molecular weight is 245 g/mol. The van der Waals surface area contributed by atoms with Crippen LogP contribution < -0.4 is 5.32 Å². The summed E-state index contributed by atoms with van der Waals surface area (Å²) in [5, 5.41) is 3.19. The molecule has 0 heterocycles. The molecule has 1 aromatic rings. The minimum Gasteiger partial charge on any atom is -0.469 e. The molecule has 0 aliphatic carbocycles. The monoisotopic (exact) mass is 245 g/mol. The Labute approximate surface area is 109 Å². The first kappa shape index (κ1) is 14.3. The van der Waals surface area contributed by atoms with Crippen molar-refractivity contribution in [2.24, 2.45) is 0 Å². The molecule has 0 bridgehead atoms. The predicted octanol–water partition coefficient (Wildman–Crippen LogP) is 1.94. The summed E-state index contributed by atoms with van der Waals surface area (Å²) >= 11 is 0. The summed E-state index contributed by atoms with van der Waals surface area (Å²) in [4.78, 5) is 11.8. The van der Waals surface area contributed by atoms with E-state index < -0.39 is 5.54 Å². The first-order valence-electron chi connectivity index (χ1n) is 5.86. The maximum Gasteiger partial charge on any atom is 0.314 e. The molecule has 0 spiro atoms. The van der Waals surface area contributed by atoms with Crippen LogP contribution in [0, 0.1) is 12.3 Å². The fraction of sp³-hybridized carbons (Fsp3) is 0.400. The van der Waals surface area contributed by atoms with Gasteiger partial charge in [0.2, 0.25) is 0 Å². The number of ether oxygens (including phenoxy) is 1. The van der Waals surface area contributed by atoms with E-state index in [2.05, 4.69) is 11.2 Å². The molecule has 1 rings (SSSR count). The van der Waals surface area contributed by atoms with Crippen molar-refractivity contribution in [2.45, 2.75) is 25.3 Å². The van der Waals surface area contributed by atoms with Crippen molar-refractivity contribution in [2.75, 3.05) is 13.7 Å². The Morgan fingerprint density at radius 2 is 2.06 bits per heavy atom. The zero-order valence-corrected chi connectivity index (χ0v) is 11.1. The van der Waals surface area contributed by atoms with Crippen LogP contribution in [-0.2, 0) is 9.53 Å².